The fourth-order valence-corrected chi connectivity index (χ4v) is 3.63. The smallest absolute Gasteiger partial charge is 0.122 e. The van der Waals surface area contributed by atoms with Gasteiger partial charge in [-0.25, -0.2) is 0 Å². The van der Waals surface area contributed by atoms with Gasteiger partial charge in [-0.2, -0.15) is 0 Å². The van der Waals surface area contributed by atoms with Gasteiger partial charge >= 0.3 is 0 Å². The van der Waals surface area contributed by atoms with Gasteiger partial charge in [-0.15, -0.1) is 12.4 Å². The molecule has 1 aliphatic heterocycles. The monoisotopic (exact) mass is 371 g/mol. The lowest BCUT2D eigenvalue weighted by molar-refractivity contribution is 0.0106. The highest BCUT2D eigenvalue weighted by atomic mass is 35.5. The average molecular weight is 373 g/mol. The Kier molecular flexibility index (Phi) is 6.35. The van der Waals surface area contributed by atoms with Gasteiger partial charge in [0.15, 0.2) is 0 Å². The van der Waals surface area contributed by atoms with Crippen LogP contribution in [-0.2, 0) is 10.3 Å². The lowest BCUT2D eigenvalue weighted by Gasteiger charge is -2.36. The predicted octanol–water partition coefficient (Wildman–Crippen LogP) is 4.91. The Balaban J connectivity index is 0.00000192. The summed E-state index contributed by atoms with van der Waals surface area (Å²) in [5.74, 6) is 0.361. The standard InChI is InChI=1S/C18H19Cl2NO.ClH/c1-21-12-15-10-11-22-18(15,13-2-6-16(19)7-3-13)14-4-8-17(20)9-5-14;/h2-9,15,21H,10-12H2,1H3;1H. The van der Waals surface area contributed by atoms with Crippen molar-refractivity contribution in [3.8, 4) is 0 Å². The maximum atomic E-state index is 6.33. The topological polar surface area (TPSA) is 21.3 Å². The summed E-state index contributed by atoms with van der Waals surface area (Å²) in [5.41, 5.74) is 1.83. The van der Waals surface area contributed by atoms with Gasteiger partial charge in [-0.3, -0.25) is 0 Å². The Hall–Kier alpha value is -0.770. The van der Waals surface area contributed by atoms with Crippen molar-refractivity contribution in [2.75, 3.05) is 20.2 Å². The van der Waals surface area contributed by atoms with Crippen molar-refractivity contribution >= 4 is 35.6 Å². The Labute approximate surface area is 153 Å². The third kappa shape index (κ3) is 3.52. The molecule has 0 amide bonds. The molecule has 0 radical (unpaired) electrons. The van der Waals surface area contributed by atoms with Crippen LogP contribution in [0.4, 0.5) is 0 Å². The molecule has 2 aromatic carbocycles. The van der Waals surface area contributed by atoms with Crippen molar-refractivity contribution in [2.45, 2.75) is 12.0 Å². The van der Waals surface area contributed by atoms with E-state index in [2.05, 4.69) is 29.6 Å². The van der Waals surface area contributed by atoms with Gasteiger partial charge < -0.3 is 10.1 Å². The van der Waals surface area contributed by atoms with E-state index in [-0.39, 0.29) is 12.4 Å². The second kappa shape index (κ2) is 7.87. The Morgan fingerprint density at radius 1 is 1.00 bits per heavy atom. The Morgan fingerprint density at radius 3 is 1.91 bits per heavy atom. The first-order chi connectivity index (χ1) is 10.7. The summed E-state index contributed by atoms with van der Waals surface area (Å²) in [4.78, 5) is 0. The molecule has 124 valence electrons. The van der Waals surface area contributed by atoms with E-state index >= 15 is 0 Å². The van der Waals surface area contributed by atoms with Gasteiger partial charge in [-0.05, 0) is 48.9 Å². The molecular weight excluding hydrogens is 353 g/mol. The van der Waals surface area contributed by atoms with Crippen molar-refractivity contribution < 1.29 is 4.74 Å². The first-order valence-electron chi connectivity index (χ1n) is 7.47. The molecule has 1 saturated heterocycles. The molecule has 0 aliphatic carbocycles. The van der Waals surface area contributed by atoms with E-state index < -0.39 is 5.60 Å². The normalized spacial score (nSPS) is 19.3. The fourth-order valence-electron chi connectivity index (χ4n) is 3.38. The van der Waals surface area contributed by atoms with Gasteiger partial charge in [0, 0.05) is 29.1 Å². The van der Waals surface area contributed by atoms with E-state index in [1.807, 2.05) is 31.3 Å². The summed E-state index contributed by atoms with van der Waals surface area (Å²) < 4.78 is 6.33. The number of benzene rings is 2. The summed E-state index contributed by atoms with van der Waals surface area (Å²) in [6.45, 7) is 1.64. The van der Waals surface area contributed by atoms with Crippen LogP contribution in [0, 0.1) is 5.92 Å². The SMILES string of the molecule is CNCC1CCOC1(c1ccc(Cl)cc1)c1ccc(Cl)cc1.Cl. The van der Waals surface area contributed by atoms with E-state index in [0.29, 0.717) is 5.92 Å². The van der Waals surface area contributed by atoms with Crippen LogP contribution < -0.4 is 5.32 Å². The zero-order valence-corrected chi connectivity index (χ0v) is 15.2. The van der Waals surface area contributed by atoms with Crippen LogP contribution in [-0.4, -0.2) is 20.2 Å². The number of rotatable bonds is 4. The van der Waals surface area contributed by atoms with Crippen LogP contribution in [0.25, 0.3) is 0 Å². The van der Waals surface area contributed by atoms with E-state index in [4.69, 9.17) is 27.9 Å². The molecule has 0 spiro atoms. The number of nitrogens with one attached hydrogen (secondary N) is 1. The molecule has 1 aliphatic rings. The average Bonchev–Trinajstić information content (AvgIpc) is 2.94. The molecule has 3 rings (SSSR count). The Bertz CT molecular complexity index is 582. The van der Waals surface area contributed by atoms with Crippen molar-refractivity contribution in [3.05, 3.63) is 69.7 Å². The second-order valence-corrected chi connectivity index (χ2v) is 6.51. The zero-order valence-electron chi connectivity index (χ0n) is 12.9. The van der Waals surface area contributed by atoms with Crippen molar-refractivity contribution in [2.24, 2.45) is 5.92 Å². The van der Waals surface area contributed by atoms with Crippen LogP contribution in [0.3, 0.4) is 0 Å². The maximum absolute atomic E-state index is 6.33. The van der Waals surface area contributed by atoms with Gasteiger partial charge in [0.05, 0.1) is 0 Å². The van der Waals surface area contributed by atoms with E-state index in [1.165, 1.54) is 0 Å². The van der Waals surface area contributed by atoms with E-state index in [0.717, 1.165) is 40.7 Å². The molecule has 2 nitrogen and oxygen atoms in total. The molecule has 1 atom stereocenters. The zero-order chi connectivity index (χ0) is 15.6. The summed E-state index contributed by atoms with van der Waals surface area (Å²) in [6.07, 6.45) is 1.02. The summed E-state index contributed by atoms with van der Waals surface area (Å²) in [6, 6.07) is 15.9. The molecule has 1 heterocycles. The molecule has 2 aromatic rings. The number of hydrogen-bond acceptors (Lipinski definition) is 2. The largest absolute Gasteiger partial charge is 0.365 e. The minimum atomic E-state index is -0.446. The van der Waals surface area contributed by atoms with Crippen LogP contribution in [0.2, 0.25) is 10.0 Å². The molecule has 0 saturated carbocycles. The third-order valence-corrected chi connectivity index (χ3v) is 4.87. The van der Waals surface area contributed by atoms with Crippen LogP contribution >= 0.6 is 35.6 Å². The highest BCUT2D eigenvalue weighted by molar-refractivity contribution is 6.30. The molecule has 23 heavy (non-hydrogen) atoms. The predicted molar refractivity (Wildman–Crippen MR) is 98.9 cm³/mol. The lowest BCUT2D eigenvalue weighted by atomic mass is 9.76. The first-order valence-corrected chi connectivity index (χ1v) is 8.23. The van der Waals surface area contributed by atoms with Gasteiger partial charge in [-0.1, -0.05) is 47.5 Å². The van der Waals surface area contributed by atoms with E-state index in [1.54, 1.807) is 0 Å². The molecule has 0 bridgehead atoms. The van der Waals surface area contributed by atoms with Gasteiger partial charge in [0.1, 0.15) is 5.60 Å². The number of halogens is 3. The summed E-state index contributed by atoms with van der Waals surface area (Å²) in [7, 11) is 1.98. The molecular formula is C18H20Cl3NO. The fraction of sp³-hybridized carbons (Fsp3) is 0.333. The summed E-state index contributed by atoms with van der Waals surface area (Å²) >= 11 is 12.1. The molecule has 0 aromatic heterocycles. The third-order valence-electron chi connectivity index (χ3n) is 4.37. The molecule has 5 heteroatoms. The van der Waals surface area contributed by atoms with Gasteiger partial charge in [0.25, 0.3) is 0 Å². The van der Waals surface area contributed by atoms with Crippen LogP contribution in [0.1, 0.15) is 17.5 Å². The number of hydrogen-bond donors (Lipinski definition) is 1. The van der Waals surface area contributed by atoms with Crippen molar-refractivity contribution in [1.82, 2.24) is 5.32 Å². The molecule has 1 N–H and O–H groups in total. The molecule has 1 unspecified atom stereocenters. The highest BCUT2D eigenvalue weighted by Crippen LogP contribution is 2.46. The summed E-state index contributed by atoms with van der Waals surface area (Å²) in [5, 5.41) is 4.76. The van der Waals surface area contributed by atoms with Crippen LogP contribution in [0.15, 0.2) is 48.5 Å². The van der Waals surface area contributed by atoms with E-state index in [9.17, 15) is 0 Å². The first kappa shape index (κ1) is 18.6. The minimum absolute atomic E-state index is 0. The van der Waals surface area contributed by atoms with Crippen molar-refractivity contribution in [3.63, 3.8) is 0 Å². The Morgan fingerprint density at radius 2 is 1.48 bits per heavy atom. The van der Waals surface area contributed by atoms with Gasteiger partial charge in [0.2, 0.25) is 0 Å². The maximum Gasteiger partial charge on any atom is 0.122 e. The second-order valence-electron chi connectivity index (χ2n) is 5.64. The van der Waals surface area contributed by atoms with Crippen LogP contribution in [0.5, 0.6) is 0 Å². The molecule has 1 fully saturated rings. The number of ether oxygens (including phenoxy) is 1. The highest BCUT2D eigenvalue weighted by Gasteiger charge is 2.46. The van der Waals surface area contributed by atoms with Crippen molar-refractivity contribution in [1.29, 1.82) is 0 Å². The minimum Gasteiger partial charge on any atom is -0.365 e. The quantitative estimate of drug-likeness (QED) is 0.823. The lowest BCUT2D eigenvalue weighted by Crippen LogP contribution is -2.38.